The van der Waals surface area contributed by atoms with Crippen LogP contribution in [0.2, 0.25) is 0 Å². The molecule has 236 valence electrons. The molecule has 9 nitrogen and oxygen atoms in total. The highest BCUT2D eigenvalue weighted by molar-refractivity contribution is 7.80. The van der Waals surface area contributed by atoms with Crippen molar-refractivity contribution in [2.75, 3.05) is 84.6 Å². The molecule has 0 aliphatic rings. The second kappa shape index (κ2) is 13.9. The molecule has 0 saturated heterocycles. The van der Waals surface area contributed by atoms with Crippen LogP contribution < -0.4 is 31.8 Å². The summed E-state index contributed by atoms with van der Waals surface area (Å²) in [4.78, 5) is 0. The van der Waals surface area contributed by atoms with Crippen LogP contribution in [-0.4, -0.2) is 113 Å². The molecule has 0 N–H and O–H groups in total. The van der Waals surface area contributed by atoms with Gasteiger partial charge in [-0.3, -0.25) is 13.7 Å². The van der Waals surface area contributed by atoms with Crippen molar-refractivity contribution in [1.29, 1.82) is 0 Å². The molecule has 0 bridgehead atoms. The topological polar surface area (TPSA) is 70.6 Å². The Hall–Kier alpha value is -1.46. The molecule has 3 aromatic carbocycles. The minimum absolute atomic E-state index is 0.766. The second-order valence-electron chi connectivity index (χ2n) is 11.6. The maximum Gasteiger partial charge on any atom is 0.244 e. The summed E-state index contributed by atoms with van der Waals surface area (Å²) < 4.78 is 52.4. The van der Waals surface area contributed by atoms with Crippen molar-refractivity contribution in [2.24, 2.45) is 0 Å². The van der Waals surface area contributed by atoms with Gasteiger partial charge < -0.3 is 0 Å². The van der Waals surface area contributed by atoms with Crippen LogP contribution in [0.15, 0.2) is 72.8 Å². The minimum atomic E-state index is -2.90. The lowest BCUT2D eigenvalue weighted by Crippen LogP contribution is -2.31. The molecule has 0 atom stereocenters. The Morgan fingerprint density at radius 3 is 0.651 bits per heavy atom. The second-order valence-corrected chi connectivity index (χ2v) is 23.4. The van der Waals surface area contributed by atoms with Gasteiger partial charge in [-0.25, -0.2) is 28.0 Å². The molecule has 0 aliphatic heterocycles. The Morgan fingerprint density at radius 1 is 0.349 bits per heavy atom. The van der Waals surface area contributed by atoms with Crippen LogP contribution in [0.25, 0.3) is 0 Å². The zero-order valence-corrected chi connectivity index (χ0v) is 31.2. The van der Waals surface area contributed by atoms with Gasteiger partial charge >= 0.3 is 0 Å². The summed E-state index contributed by atoms with van der Waals surface area (Å²) >= 11 is 0. The van der Waals surface area contributed by atoms with Gasteiger partial charge in [0.05, 0.1) is 0 Å². The first kappa shape index (κ1) is 36.0. The van der Waals surface area contributed by atoms with E-state index in [1.807, 2.05) is 121 Å². The minimum Gasteiger partial charge on any atom is -0.284 e. The molecule has 0 amide bonds. The quantitative estimate of drug-likeness (QED) is 0.272. The molecule has 3 aromatic rings. The maximum atomic E-state index is 13.9. The first-order valence-electron chi connectivity index (χ1n) is 13.9. The third kappa shape index (κ3) is 6.74. The highest BCUT2D eigenvalue weighted by Crippen LogP contribution is 2.50. The maximum absolute atomic E-state index is 13.9. The predicted molar refractivity (Wildman–Crippen MR) is 189 cm³/mol. The van der Waals surface area contributed by atoms with E-state index in [1.54, 1.807) is 28.0 Å². The van der Waals surface area contributed by atoms with Gasteiger partial charge in [0.25, 0.3) is 0 Å². The van der Waals surface area contributed by atoms with Gasteiger partial charge in [-0.05, 0) is 145 Å². The lowest BCUT2D eigenvalue weighted by molar-refractivity contribution is 0.459. The molecule has 0 saturated carbocycles. The number of nitrogens with zero attached hydrogens (tertiary/aromatic N) is 6. The Bertz CT molecular complexity index is 1300. The van der Waals surface area contributed by atoms with E-state index >= 15 is 0 Å². The van der Waals surface area contributed by atoms with E-state index in [-0.39, 0.29) is 0 Å². The standard InChI is InChI=1S/C30H48N6O3P4/c1-31(2)41(37,32(3)4)28-19-13-25(14-20-28)40(26-15-21-29(22-16-26)42(38,33(5)6)34(7)8)27-17-23-30(24-18-27)43(39,35(9)10)36(11)12/h13-24H,1-12H3. The highest BCUT2D eigenvalue weighted by atomic mass is 31.2. The van der Waals surface area contributed by atoms with Gasteiger partial charge in [0.1, 0.15) is 0 Å². The predicted octanol–water partition coefficient (Wildman–Crippen LogP) is 3.27. The average Bonchev–Trinajstić information content (AvgIpc) is 2.96. The smallest absolute Gasteiger partial charge is 0.244 e. The Morgan fingerprint density at radius 2 is 0.512 bits per heavy atom. The lowest BCUT2D eigenvalue weighted by atomic mass is 10.3. The summed E-state index contributed by atoms with van der Waals surface area (Å²) in [6.45, 7) is 0. The SMILES string of the molecule is CN(C)P(=O)(c1ccc(P(c2ccc(P(=O)(N(C)C)N(C)C)cc2)c2ccc(P(=O)(N(C)C)N(C)C)cc2)cc1)N(C)C. The molecular formula is C30H48N6O3P4. The van der Waals surface area contributed by atoms with Crippen molar-refractivity contribution in [2.45, 2.75) is 0 Å². The van der Waals surface area contributed by atoms with E-state index < -0.39 is 30.3 Å². The van der Waals surface area contributed by atoms with Gasteiger partial charge in [0, 0.05) is 15.9 Å². The fraction of sp³-hybridized carbons (Fsp3) is 0.400. The van der Waals surface area contributed by atoms with Gasteiger partial charge in [0.15, 0.2) is 0 Å². The summed E-state index contributed by atoms with van der Waals surface area (Å²) in [6.07, 6.45) is 0. The van der Waals surface area contributed by atoms with Gasteiger partial charge in [-0.1, -0.05) is 36.4 Å². The molecule has 0 fully saturated rings. The zero-order valence-electron chi connectivity index (χ0n) is 27.6. The normalized spacial score (nSPS) is 13.5. The van der Waals surface area contributed by atoms with Crippen molar-refractivity contribution in [1.82, 2.24) is 28.0 Å². The van der Waals surface area contributed by atoms with Gasteiger partial charge in [-0.2, -0.15) is 0 Å². The number of hydrogen-bond acceptors (Lipinski definition) is 3. The summed E-state index contributed by atoms with van der Waals surface area (Å²) in [5, 5.41) is 5.58. The summed E-state index contributed by atoms with van der Waals surface area (Å²) in [6, 6.07) is 24.2. The van der Waals surface area contributed by atoms with E-state index in [2.05, 4.69) is 36.4 Å². The summed E-state index contributed by atoms with van der Waals surface area (Å²) in [5.74, 6) is 0. The number of rotatable bonds is 12. The van der Waals surface area contributed by atoms with Crippen molar-refractivity contribution >= 4 is 62.1 Å². The lowest BCUT2D eigenvalue weighted by Gasteiger charge is -2.32. The largest absolute Gasteiger partial charge is 0.284 e. The van der Waals surface area contributed by atoms with Gasteiger partial charge in [-0.15, -0.1) is 0 Å². The van der Waals surface area contributed by atoms with Crippen molar-refractivity contribution in [3.05, 3.63) is 72.8 Å². The van der Waals surface area contributed by atoms with E-state index in [4.69, 9.17) is 0 Å². The molecule has 0 aliphatic carbocycles. The number of hydrogen-bond donors (Lipinski definition) is 0. The fourth-order valence-corrected chi connectivity index (χ4v) is 14.1. The molecule has 43 heavy (non-hydrogen) atoms. The van der Waals surface area contributed by atoms with E-state index in [9.17, 15) is 13.7 Å². The molecule has 0 radical (unpaired) electrons. The van der Waals surface area contributed by atoms with E-state index in [0.29, 0.717) is 0 Å². The monoisotopic (exact) mass is 664 g/mol. The van der Waals surface area contributed by atoms with Crippen LogP contribution in [-0.2, 0) is 13.7 Å². The third-order valence-electron chi connectivity index (χ3n) is 7.59. The van der Waals surface area contributed by atoms with Crippen LogP contribution in [0.3, 0.4) is 0 Å². The zero-order chi connectivity index (χ0) is 32.5. The summed E-state index contributed by atoms with van der Waals surface area (Å²) in [7, 11) is 12.3. The molecule has 13 heteroatoms. The first-order chi connectivity index (χ1) is 19.9. The molecule has 0 unspecified atom stereocenters. The van der Waals surface area contributed by atoms with Crippen LogP contribution in [0.4, 0.5) is 0 Å². The molecular weight excluding hydrogens is 616 g/mol. The van der Waals surface area contributed by atoms with Crippen LogP contribution in [0.5, 0.6) is 0 Å². The third-order valence-corrected chi connectivity index (χ3v) is 19.4. The number of benzene rings is 3. The first-order valence-corrected chi connectivity index (χ1v) is 20.1. The van der Waals surface area contributed by atoms with Crippen molar-refractivity contribution < 1.29 is 13.7 Å². The van der Waals surface area contributed by atoms with E-state index in [0.717, 1.165) is 31.8 Å². The van der Waals surface area contributed by atoms with Crippen LogP contribution >= 0.6 is 30.3 Å². The molecule has 3 rings (SSSR count). The highest BCUT2D eigenvalue weighted by Gasteiger charge is 2.33. The van der Waals surface area contributed by atoms with Crippen molar-refractivity contribution in [3.63, 3.8) is 0 Å². The average molecular weight is 665 g/mol. The molecule has 0 aromatic heterocycles. The Kier molecular flexibility index (Phi) is 11.6. The Balaban J connectivity index is 2.19. The van der Waals surface area contributed by atoms with Gasteiger partial charge in [0.2, 0.25) is 22.3 Å². The van der Waals surface area contributed by atoms with Crippen LogP contribution in [0.1, 0.15) is 0 Å². The fourth-order valence-electron chi connectivity index (χ4n) is 5.29. The van der Waals surface area contributed by atoms with E-state index in [1.165, 1.54) is 0 Å². The Labute approximate surface area is 260 Å². The molecule has 0 spiro atoms. The van der Waals surface area contributed by atoms with Crippen molar-refractivity contribution in [3.8, 4) is 0 Å². The summed E-state index contributed by atoms with van der Waals surface area (Å²) in [5.41, 5.74) is 0. The van der Waals surface area contributed by atoms with Crippen LogP contribution in [0, 0.1) is 0 Å². The molecule has 0 heterocycles.